The molecule has 3 N–H and O–H groups in total. The van der Waals surface area contributed by atoms with Gasteiger partial charge in [-0.05, 0) is 66.2 Å². The van der Waals surface area contributed by atoms with E-state index in [1.807, 2.05) is 24.3 Å². The minimum Gasteiger partial charge on any atom is -0.508 e. The van der Waals surface area contributed by atoms with Gasteiger partial charge in [0, 0.05) is 6.08 Å². The standard InChI is InChI=1S/C22H23NO2/c23-21(25)15-8-16-6-9-18(10-7-16)22(17-4-2-1-3-5-17)19-11-13-20(24)14-12-19/h6-15,24H,1-5H2,(H2,23,25)/b15-8+. The number of rotatable bonds is 4. The molecule has 1 amide bonds. The van der Waals surface area contributed by atoms with Crippen LogP contribution in [0.15, 0.2) is 60.2 Å². The number of carbonyl (C=O) groups is 1. The Morgan fingerprint density at radius 1 is 0.880 bits per heavy atom. The summed E-state index contributed by atoms with van der Waals surface area (Å²) in [6, 6.07) is 15.6. The summed E-state index contributed by atoms with van der Waals surface area (Å²) < 4.78 is 0. The quantitative estimate of drug-likeness (QED) is 0.800. The van der Waals surface area contributed by atoms with Crippen LogP contribution in [0.4, 0.5) is 0 Å². The van der Waals surface area contributed by atoms with E-state index >= 15 is 0 Å². The van der Waals surface area contributed by atoms with Crippen LogP contribution in [-0.4, -0.2) is 11.0 Å². The number of benzene rings is 2. The van der Waals surface area contributed by atoms with Gasteiger partial charge in [0.25, 0.3) is 0 Å². The van der Waals surface area contributed by atoms with E-state index in [4.69, 9.17) is 5.73 Å². The van der Waals surface area contributed by atoms with Crippen molar-refractivity contribution in [2.75, 3.05) is 0 Å². The van der Waals surface area contributed by atoms with Crippen molar-refractivity contribution in [2.24, 2.45) is 5.73 Å². The summed E-state index contributed by atoms with van der Waals surface area (Å²) in [5.74, 6) is -0.165. The Hall–Kier alpha value is -2.81. The smallest absolute Gasteiger partial charge is 0.241 e. The molecule has 1 aliphatic carbocycles. The fourth-order valence-corrected chi connectivity index (χ4v) is 3.37. The van der Waals surface area contributed by atoms with Crippen molar-refractivity contribution in [2.45, 2.75) is 32.1 Å². The molecular weight excluding hydrogens is 310 g/mol. The lowest BCUT2D eigenvalue weighted by atomic mass is 9.85. The van der Waals surface area contributed by atoms with Gasteiger partial charge in [0.1, 0.15) is 5.75 Å². The number of amides is 1. The van der Waals surface area contributed by atoms with Crippen molar-refractivity contribution in [3.63, 3.8) is 0 Å². The number of carbonyl (C=O) groups excluding carboxylic acids is 1. The van der Waals surface area contributed by atoms with E-state index in [0.717, 1.165) is 24.0 Å². The van der Waals surface area contributed by atoms with Crippen molar-refractivity contribution < 1.29 is 9.90 Å². The second-order valence-corrected chi connectivity index (χ2v) is 6.44. The Morgan fingerprint density at radius 2 is 1.44 bits per heavy atom. The normalized spacial score (nSPS) is 14.6. The topological polar surface area (TPSA) is 63.3 Å². The zero-order chi connectivity index (χ0) is 17.6. The van der Waals surface area contributed by atoms with E-state index in [-0.39, 0.29) is 5.75 Å². The van der Waals surface area contributed by atoms with Crippen LogP contribution in [0.5, 0.6) is 5.75 Å². The molecule has 128 valence electrons. The summed E-state index contributed by atoms with van der Waals surface area (Å²) in [7, 11) is 0. The third-order valence-electron chi connectivity index (χ3n) is 4.61. The van der Waals surface area contributed by atoms with E-state index in [1.165, 1.54) is 42.0 Å². The lowest BCUT2D eigenvalue weighted by Crippen LogP contribution is -2.05. The minimum atomic E-state index is -0.446. The number of phenolic OH excluding ortho intramolecular Hbond substituents is 1. The molecule has 1 fully saturated rings. The van der Waals surface area contributed by atoms with Gasteiger partial charge in [-0.25, -0.2) is 0 Å². The summed E-state index contributed by atoms with van der Waals surface area (Å²) in [6.45, 7) is 0. The van der Waals surface area contributed by atoms with E-state index in [0.29, 0.717) is 0 Å². The zero-order valence-electron chi connectivity index (χ0n) is 14.2. The molecule has 2 aromatic carbocycles. The van der Waals surface area contributed by atoms with Crippen molar-refractivity contribution >= 4 is 17.6 Å². The van der Waals surface area contributed by atoms with Crippen molar-refractivity contribution in [1.82, 2.24) is 0 Å². The van der Waals surface area contributed by atoms with Gasteiger partial charge in [0.05, 0.1) is 0 Å². The molecule has 0 heterocycles. The molecule has 3 rings (SSSR count). The Bertz CT molecular complexity index is 791. The van der Waals surface area contributed by atoms with Gasteiger partial charge in [0.15, 0.2) is 0 Å². The first-order valence-corrected chi connectivity index (χ1v) is 8.73. The first kappa shape index (κ1) is 17.0. The van der Waals surface area contributed by atoms with Crippen molar-refractivity contribution in [3.05, 3.63) is 76.9 Å². The van der Waals surface area contributed by atoms with Gasteiger partial charge in [-0.2, -0.15) is 0 Å². The number of hydrogen-bond acceptors (Lipinski definition) is 2. The summed E-state index contributed by atoms with van der Waals surface area (Å²) in [5, 5.41) is 9.60. The van der Waals surface area contributed by atoms with Crippen LogP contribution >= 0.6 is 0 Å². The zero-order valence-corrected chi connectivity index (χ0v) is 14.2. The minimum absolute atomic E-state index is 0.281. The molecule has 3 heteroatoms. The van der Waals surface area contributed by atoms with E-state index in [1.54, 1.807) is 18.2 Å². The van der Waals surface area contributed by atoms with Gasteiger partial charge in [-0.1, -0.05) is 48.4 Å². The Morgan fingerprint density at radius 3 is 2.00 bits per heavy atom. The highest BCUT2D eigenvalue weighted by Gasteiger charge is 2.15. The largest absolute Gasteiger partial charge is 0.508 e. The number of phenols is 1. The highest BCUT2D eigenvalue weighted by atomic mass is 16.3. The van der Waals surface area contributed by atoms with Gasteiger partial charge in [-0.15, -0.1) is 0 Å². The fraction of sp³-hybridized carbons (Fsp3) is 0.227. The molecule has 0 unspecified atom stereocenters. The number of nitrogens with two attached hydrogens (primary N) is 1. The van der Waals surface area contributed by atoms with E-state index in [9.17, 15) is 9.90 Å². The molecule has 25 heavy (non-hydrogen) atoms. The first-order chi connectivity index (χ1) is 12.1. The second-order valence-electron chi connectivity index (χ2n) is 6.44. The van der Waals surface area contributed by atoms with Crippen LogP contribution in [0.25, 0.3) is 11.6 Å². The number of aromatic hydroxyl groups is 1. The van der Waals surface area contributed by atoms with Crippen LogP contribution in [0.1, 0.15) is 48.8 Å². The molecule has 0 spiro atoms. The van der Waals surface area contributed by atoms with Crippen LogP contribution < -0.4 is 5.73 Å². The molecule has 1 aliphatic rings. The monoisotopic (exact) mass is 333 g/mol. The molecular formula is C22H23NO2. The predicted octanol–water partition coefficient (Wildman–Crippen LogP) is 4.66. The molecule has 0 aliphatic heterocycles. The van der Waals surface area contributed by atoms with Crippen LogP contribution in [0.3, 0.4) is 0 Å². The lowest BCUT2D eigenvalue weighted by Gasteiger charge is -2.20. The molecule has 3 nitrogen and oxygen atoms in total. The average molecular weight is 333 g/mol. The molecule has 0 radical (unpaired) electrons. The molecule has 0 bridgehead atoms. The van der Waals surface area contributed by atoms with Crippen LogP contribution in [0, 0.1) is 0 Å². The highest BCUT2D eigenvalue weighted by Crippen LogP contribution is 2.35. The summed E-state index contributed by atoms with van der Waals surface area (Å²) in [5.41, 5.74) is 11.1. The van der Waals surface area contributed by atoms with Gasteiger partial charge in [-0.3, -0.25) is 4.79 Å². The number of hydrogen-bond donors (Lipinski definition) is 2. The maximum atomic E-state index is 10.9. The first-order valence-electron chi connectivity index (χ1n) is 8.73. The van der Waals surface area contributed by atoms with Crippen molar-refractivity contribution in [1.29, 1.82) is 0 Å². The van der Waals surface area contributed by atoms with E-state index < -0.39 is 5.91 Å². The molecule has 1 saturated carbocycles. The summed E-state index contributed by atoms with van der Waals surface area (Å²) >= 11 is 0. The van der Waals surface area contributed by atoms with Crippen LogP contribution in [0.2, 0.25) is 0 Å². The van der Waals surface area contributed by atoms with Gasteiger partial charge >= 0.3 is 0 Å². The maximum absolute atomic E-state index is 10.9. The Balaban J connectivity index is 2.00. The van der Waals surface area contributed by atoms with E-state index in [2.05, 4.69) is 12.1 Å². The average Bonchev–Trinajstić information content (AvgIpc) is 2.64. The van der Waals surface area contributed by atoms with Gasteiger partial charge in [0.2, 0.25) is 5.91 Å². The van der Waals surface area contributed by atoms with Crippen LogP contribution in [-0.2, 0) is 4.79 Å². The molecule has 0 atom stereocenters. The highest BCUT2D eigenvalue weighted by molar-refractivity contribution is 5.90. The predicted molar refractivity (Wildman–Crippen MR) is 102 cm³/mol. The third-order valence-corrected chi connectivity index (χ3v) is 4.61. The second kappa shape index (κ2) is 7.84. The Kier molecular flexibility index (Phi) is 5.34. The molecule has 2 aromatic rings. The number of primary amides is 1. The fourth-order valence-electron chi connectivity index (χ4n) is 3.37. The summed E-state index contributed by atoms with van der Waals surface area (Å²) in [4.78, 5) is 10.9. The van der Waals surface area contributed by atoms with Gasteiger partial charge < -0.3 is 10.8 Å². The molecule has 0 saturated heterocycles. The lowest BCUT2D eigenvalue weighted by molar-refractivity contribution is -0.113. The number of allylic oxidation sites excluding steroid dienone is 1. The SMILES string of the molecule is NC(=O)/C=C/c1ccc(C(=C2CCCCC2)c2ccc(O)cc2)cc1. The summed E-state index contributed by atoms with van der Waals surface area (Å²) in [6.07, 6.45) is 9.10. The molecule has 0 aromatic heterocycles. The van der Waals surface area contributed by atoms with Crippen molar-refractivity contribution in [3.8, 4) is 5.75 Å². The third kappa shape index (κ3) is 4.38. The maximum Gasteiger partial charge on any atom is 0.241 e. The Labute approximate surface area is 148 Å².